The second-order valence-electron chi connectivity index (χ2n) is 5.57. The number of halogens is 1. The molecule has 0 unspecified atom stereocenters. The number of hydrogen-bond acceptors (Lipinski definition) is 5. The minimum atomic E-state index is -0.0376. The van der Waals surface area contributed by atoms with Gasteiger partial charge < -0.3 is 9.80 Å². The van der Waals surface area contributed by atoms with Crippen molar-refractivity contribution in [3.63, 3.8) is 0 Å². The van der Waals surface area contributed by atoms with Crippen LogP contribution in [0.15, 0.2) is 42.7 Å². The number of fused-ring (bicyclic) bond motifs is 1. The molecule has 0 radical (unpaired) electrons. The van der Waals surface area contributed by atoms with E-state index in [0.717, 1.165) is 11.6 Å². The lowest BCUT2D eigenvalue weighted by Crippen LogP contribution is -2.49. The zero-order valence-electron chi connectivity index (χ0n) is 12.8. The Morgan fingerprint density at radius 2 is 1.88 bits per heavy atom. The molecule has 122 valence electrons. The molecule has 8 heteroatoms. The fraction of sp³-hybridized carbons (Fsp3) is 0.250. The predicted octanol–water partition coefficient (Wildman–Crippen LogP) is 1.74. The number of aromatic nitrogens is 4. The lowest BCUT2D eigenvalue weighted by atomic mass is 10.2. The normalized spacial score (nSPS) is 15.0. The highest BCUT2D eigenvalue weighted by atomic mass is 35.5. The molecule has 0 atom stereocenters. The Kier molecular flexibility index (Phi) is 3.78. The highest BCUT2D eigenvalue weighted by molar-refractivity contribution is 6.30. The Bertz CT molecular complexity index is 873. The first-order valence-electron chi connectivity index (χ1n) is 7.68. The van der Waals surface area contributed by atoms with Gasteiger partial charge in [-0.3, -0.25) is 14.2 Å². The molecule has 4 heterocycles. The van der Waals surface area contributed by atoms with Crippen molar-refractivity contribution >= 4 is 29.1 Å². The molecule has 1 aliphatic rings. The molecule has 0 N–H and O–H groups in total. The van der Waals surface area contributed by atoms with Gasteiger partial charge >= 0.3 is 0 Å². The summed E-state index contributed by atoms with van der Waals surface area (Å²) in [5.74, 6) is 0.710. The first-order valence-corrected chi connectivity index (χ1v) is 8.06. The fourth-order valence-electron chi connectivity index (χ4n) is 2.83. The number of carbonyl (C=O) groups excluding carboxylic acids is 1. The molecule has 0 spiro atoms. The third-order valence-electron chi connectivity index (χ3n) is 4.08. The SMILES string of the molecule is O=C(c1ccccn1)N1CCN(c2nnc3ccc(Cl)cn23)CC1. The van der Waals surface area contributed by atoms with E-state index < -0.39 is 0 Å². The van der Waals surface area contributed by atoms with Gasteiger partial charge in [-0.15, -0.1) is 10.2 Å². The van der Waals surface area contributed by atoms with Crippen LogP contribution in [-0.4, -0.2) is 56.6 Å². The molecule has 3 aromatic rings. The van der Waals surface area contributed by atoms with Crippen LogP contribution in [0.1, 0.15) is 10.5 Å². The van der Waals surface area contributed by atoms with Crippen LogP contribution >= 0.6 is 11.6 Å². The lowest BCUT2D eigenvalue weighted by Gasteiger charge is -2.34. The quantitative estimate of drug-likeness (QED) is 0.709. The summed E-state index contributed by atoms with van der Waals surface area (Å²) in [4.78, 5) is 20.5. The minimum Gasteiger partial charge on any atom is -0.337 e. The van der Waals surface area contributed by atoms with E-state index in [4.69, 9.17) is 11.6 Å². The van der Waals surface area contributed by atoms with Crippen LogP contribution in [-0.2, 0) is 0 Å². The molecule has 4 rings (SSSR count). The van der Waals surface area contributed by atoms with Gasteiger partial charge in [0.2, 0.25) is 5.95 Å². The average Bonchev–Trinajstić information content (AvgIpc) is 3.05. The minimum absolute atomic E-state index is 0.0376. The van der Waals surface area contributed by atoms with Gasteiger partial charge in [0, 0.05) is 38.6 Å². The molecule has 3 aromatic heterocycles. The van der Waals surface area contributed by atoms with Crippen LogP contribution in [0.4, 0.5) is 5.95 Å². The van der Waals surface area contributed by atoms with Crippen molar-refractivity contribution in [1.82, 2.24) is 24.5 Å². The maximum atomic E-state index is 12.4. The third kappa shape index (κ3) is 2.67. The first kappa shape index (κ1) is 14.9. The van der Waals surface area contributed by atoms with Crippen LogP contribution in [0.2, 0.25) is 5.02 Å². The number of hydrogen-bond donors (Lipinski definition) is 0. The Labute approximate surface area is 143 Å². The van der Waals surface area contributed by atoms with E-state index in [9.17, 15) is 4.79 Å². The van der Waals surface area contributed by atoms with Crippen molar-refractivity contribution in [2.24, 2.45) is 0 Å². The van der Waals surface area contributed by atoms with Crippen molar-refractivity contribution < 1.29 is 4.79 Å². The number of rotatable bonds is 2. The molecule has 0 aromatic carbocycles. The average molecular weight is 343 g/mol. The molecule has 1 fully saturated rings. The van der Waals surface area contributed by atoms with Crippen molar-refractivity contribution in [3.8, 4) is 0 Å². The van der Waals surface area contributed by atoms with Gasteiger partial charge in [-0.25, -0.2) is 0 Å². The van der Waals surface area contributed by atoms with Crippen LogP contribution in [0.3, 0.4) is 0 Å². The molecular weight excluding hydrogens is 328 g/mol. The summed E-state index contributed by atoms with van der Waals surface area (Å²) in [6.07, 6.45) is 3.44. The van der Waals surface area contributed by atoms with Crippen LogP contribution in [0.25, 0.3) is 5.65 Å². The van der Waals surface area contributed by atoms with Gasteiger partial charge in [-0.2, -0.15) is 0 Å². The molecule has 0 saturated carbocycles. The van der Waals surface area contributed by atoms with Crippen LogP contribution < -0.4 is 4.90 Å². The van der Waals surface area contributed by atoms with E-state index >= 15 is 0 Å². The highest BCUT2D eigenvalue weighted by Gasteiger charge is 2.25. The lowest BCUT2D eigenvalue weighted by molar-refractivity contribution is 0.0740. The number of piperazine rings is 1. The highest BCUT2D eigenvalue weighted by Crippen LogP contribution is 2.19. The number of anilines is 1. The number of nitrogens with zero attached hydrogens (tertiary/aromatic N) is 6. The summed E-state index contributed by atoms with van der Waals surface area (Å²) in [7, 11) is 0. The molecule has 7 nitrogen and oxygen atoms in total. The third-order valence-corrected chi connectivity index (χ3v) is 4.31. The molecule has 1 saturated heterocycles. The summed E-state index contributed by atoms with van der Waals surface area (Å²) < 4.78 is 1.87. The molecule has 1 amide bonds. The Morgan fingerprint density at radius 3 is 2.62 bits per heavy atom. The van der Waals surface area contributed by atoms with Crippen molar-refractivity contribution in [2.75, 3.05) is 31.1 Å². The van der Waals surface area contributed by atoms with E-state index in [0.29, 0.717) is 36.9 Å². The summed E-state index contributed by atoms with van der Waals surface area (Å²) in [6.45, 7) is 2.60. The zero-order chi connectivity index (χ0) is 16.5. The number of carbonyl (C=O) groups is 1. The molecular formula is C16H15ClN6O. The summed E-state index contributed by atoms with van der Waals surface area (Å²) in [5.41, 5.74) is 1.23. The van der Waals surface area contributed by atoms with E-state index in [-0.39, 0.29) is 5.91 Å². The molecule has 24 heavy (non-hydrogen) atoms. The summed E-state index contributed by atoms with van der Waals surface area (Å²) in [5, 5.41) is 9.04. The smallest absolute Gasteiger partial charge is 0.272 e. The topological polar surface area (TPSA) is 66.6 Å². The standard InChI is InChI=1S/C16H15ClN6O/c17-12-4-5-14-19-20-16(23(14)11-12)22-9-7-21(8-10-22)15(24)13-3-1-2-6-18-13/h1-6,11H,7-10H2. The van der Waals surface area contributed by atoms with E-state index in [1.165, 1.54) is 0 Å². The van der Waals surface area contributed by atoms with E-state index in [1.54, 1.807) is 30.6 Å². The van der Waals surface area contributed by atoms with Gasteiger partial charge in [0.05, 0.1) is 5.02 Å². The second-order valence-corrected chi connectivity index (χ2v) is 6.01. The first-order chi connectivity index (χ1) is 11.7. The predicted molar refractivity (Wildman–Crippen MR) is 90.4 cm³/mol. The molecule has 0 aliphatic carbocycles. The zero-order valence-corrected chi connectivity index (χ0v) is 13.6. The Morgan fingerprint density at radius 1 is 1.04 bits per heavy atom. The van der Waals surface area contributed by atoms with E-state index in [1.807, 2.05) is 21.4 Å². The van der Waals surface area contributed by atoms with Gasteiger partial charge in [0.15, 0.2) is 5.65 Å². The van der Waals surface area contributed by atoms with Gasteiger partial charge in [-0.05, 0) is 24.3 Å². The maximum Gasteiger partial charge on any atom is 0.272 e. The van der Waals surface area contributed by atoms with E-state index in [2.05, 4.69) is 20.1 Å². The van der Waals surface area contributed by atoms with Crippen molar-refractivity contribution in [2.45, 2.75) is 0 Å². The summed E-state index contributed by atoms with van der Waals surface area (Å²) in [6, 6.07) is 8.99. The molecule has 0 bridgehead atoms. The molecule has 1 aliphatic heterocycles. The Hall–Kier alpha value is -2.67. The number of amides is 1. The number of pyridine rings is 2. The summed E-state index contributed by atoms with van der Waals surface area (Å²) >= 11 is 6.06. The monoisotopic (exact) mass is 342 g/mol. The van der Waals surface area contributed by atoms with Gasteiger partial charge in [-0.1, -0.05) is 17.7 Å². The van der Waals surface area contributed by atoms with Crippen LogP contribution in [0.5, 0.6) is 0 Å². The largest absolute Gasteiger partial charge is 0.337 e. The van der Waals surface area contributed by atoms with Gasteiger partial charge in [0.25, 0.3) is 5.91 Å². The fourth-order valence-corrected chi connectivity index (χ4v) is 2.99. The van der Waals surface area contributed by atoms with Crippen molar-refractivity contribution in [3.05, 3.63) is 53.4 Å². The Balaban J connectivity index is 1.49. The van der Waals surface area contributed by atoms with Gasteiger partial charge in [0.1, 0.15) is 5.69 Å². The van der Waals surface area contributed by atoms with Crippen molar-refractivity contribution in [1.29, 1.82) is 0 Å². The van der Waals surface area contributed by atoms with Crippen LogP contribution in [0, 0.1) is 0 Å². The maximum absolute atomic E-state index is 12.4. The second kappa shape index (κ2) is 6.09.